The summed E-state index contributed by atoms with van der Waals surface area (Å²) in [5, 5.41) is 0. The fourth-order valence-electron chi connectivity index (χ4n) is 1.78. The maximum atomic E-state index is 11.1. The van der Waals surface area contributed by atoms with Crippen molar-refractivity contribution in [2.45, 2.75) is 30.1 Å². The fraction of sp³-hybridized carbons (Fsp3) is 0.857. The van der Waals surface area contributed by atoms with Crippen molar-refractivity contribution in [3.05, 3.63) is 0 Å². The highest BCUT2D eigenvalue weighted by Crippen LogP contribution is 2.33. The molecule has 2 aliphatic heterocycles. The van der Waals surface area contributed by atoms with Crippen LogP contribution in [-0.4, -0.2) is 28.2 Å². The number of halogens is 1. The first-order valence-electron chi connectivity index (χ1n) is 3.75. The minimum Gasteiger partial charge on any atom is -0.337 e. The van der Waals surface area contributed by atoms with Gasteiger partial charge in [-0.25, -0.2) is 0 Å². The predicted molar refractivity (Wildman–Crippen MR) is 42.1 cm³/mol. The lowest BCUT2D eigenvalue weighted by atomic mass is 9.91. The van der Waals surface area contributed by atoms with Crippen LogP contribution in [0, 0.1) is 0 Å². The molecule has 0 N–H and O–H groups in total. The van der Waals surface area contributed by atoms with Gasteiger partial charge in [0.05, 0.1) is 6.04 Å². The number of rotatable bonds is 0. The van der Waals surface area contributed by atoms with Gasteiger partial charge in [0.1, 0.15) is 4.83 Å². The van der Waals surface area contributed by atoms with Crippen LogP contribution in [-0.2, 0) is 4.79 Å². The molecular formula is C7H10BrNO. The molecule has 2 atom stereocenters. The molecule has 0 saturated carbocycles. The first kappa shape index (κ1) is 6.65. The van der Waals surface area contributed by atoms with Crippen LogP contribution in [0.4, 0.5) is 0 Å². The van der Waals surface area contributed by atoms with E-state index in [2.05, 4.69) is 15.9 Å². The Labute approximate surface area is 68.7 Å². The third kappa shape index (κ3) is 0.729. The second-order valence-corrected chi connectivity index (χ2v) is 3.98. The van der Waals surface area contributed by atoms with Crippen LogP contribution in [0.5, 0.6) is 0 Å². The van der Waals surface area contributed by atoms with Crippen LogP contribution in [0.1, 0.15) is 19.3 Å². The third-order valence-corrected chi connectivity index (χ3v) is 3.41. The SMILES string of the molecule is O=C1[C@@H](Br)[C@@H]2CCCCN12. The van der Waals surface area contributed by atoms with E-state index < -0.39 is 0 Å². The van der Waals surface area contributed by atoms with Gasteiger partial charge in [-0.05, 0) is 19.3 Å². The molecule has 2 saturated heterocycles. The monoisotopic (exact) mass is 203 g/mol. The molecule has 1 amide bonds. The first-order valence-corrected chi connectivity index (χ1v) is 4.67. The van der Waals surface area contributed by atoms with Gasteiger partial charge in [-0.1, -0.05) is 15.9 Å². The second-order valence-electron chi connectivity index (χ2n) is 3.00. The Morgan fingerprint density at radius 3 is 3.00 bits per heavy atom. The summed E-state index contributed by atoms with van der Waals surface area (Å²) in [7, 11) is 0. The largest absolute Gasteiger partial charge is 0.337 e. The molecule has 2 nitrogen and oxygen atoms in total. The first-order chi connectivity index (χ1) is 4.80. The fourth-order valence-corrected chi connectivity index (χ4v) is 2.59. The average Bonchev–Trinajstić information content (AvgIpc) is 2.03. The molecule has 0 unspecified atom stereocenters. The number of carbonyl (C=O) groups excluding carboxylic acids is 1. The van der Waals surface area contributed by atoms with Crippen molar-refractivity contribution in [2.75, 3.05) is 6.54 Å². The topological polar surface area (TPSA) is 20.3 Å². The van der Waals surface area contributed by atoms with E-state index in [1.807, 2.05) is 4.90 Å². The molecule has 0 radical (unpaired) electrons. The number of β-lactam (4-membered cyclic amide) rings is 1. The summed E-state index contributed by atoms with van der Waals surface area (Å²) in [5.41, 5.74) is 0. The van der Waals surface area contributed by atoms with E-state index in [1.165, 1.54) is 19.3 Å². The standard InChI is InChI=1S/C7H10BrNO/c8-6-5-3-1-2-4-9(5)7(6)10/h5-6H,1-4H2/t5-,6-/m0/s1. The molecule has 0 aromatic carbocycles. The minimum atomic E-state index is 0.146. The van der Waals surface area contributed by atoms with Gasteiger partial charge in [0.15, 0.2) is 0 Å². The smallest absolute Gasteiger partial charge is 0.238 e. The minimum absolute atomic E-state index is 0.146. The summed E-state index contributed by atoms with van der Waals surface area (Å²) in [4.78, 5) is 13.2. The highest BCUT2D eigenvalue weighted by molar-refractivity contribution is 9.10. The molecule has 0 aromatic rings. The van der Waals surface area contributed by atoms with Crippen LogP contribution in [0.25, 0.3) is 0 Å². The molecule has 2 aliphatic rings. The van der Waals surface area contributed by atoms with Crippen molar-refractivity contribution >= 4 is 21.8 Å². The van der Waals surface area contributed by atoms with Crippen LogP contribution in [0.3, 0.4) is 0 Å². The van der Waals surface area contributed by atoms with Crippen molar-refractivity contribution in [3.63, 3.8) is 0 Å². The van der Waals surface area contributed by atoms with Crippen LogP contribution < -0.4 is 0 Å². The van der Waals surface area contributed by atoms with Gasteiger partial charge in [0.25, 0.3) is 0 Å². The summed E-state index contributed by atoms with van der Waals surface area (Å²) < 4.78 is 0. The summed E-state index contributed by atoms with van der Waals surface area (Å²) in [5.74, 6) is 0.296. The van der Waals surface area contributed by atoms with E-state index in [9.17, 15) is 4.79 Å². The molecule has 2 heterocycles. The van der Waals surface area contributed by atoms with Crippen molar-refractivity contribution in [1.29, 1.82) is 0 Å². The van der Waals surface area contributed by atoms with E-state index in [0.717, 1.165) is 6.54 Å². The number of carbonyl (C=O) groups is 1. The third-order valence-electron chi connectivity index (χ3n) is 2.41. The van der Waals surface area contributed by atoms with Crippen molar-refractivity contribution in [2.24, 2.45) is 0 Å². The highest BCUT2D eigenvalue weighted by Gasteiger charge is 2.45. The van der Waals surface area contributed by atoms with E-state index >= 15 is 0 Å². The van der Waals surface area contributed by atoms with Gasteiger partial charge in [0, 0.05) is 6.54 Å². The Hall–Kier alpha value is -0.0500. The van der Waals surface area contributed by atoms with Crippen molar-refractivity contribution in [1.82, 2.24) is 4.90 Å². The maximum absolute atomic E-state index is 11.1. The number of alkyl halides is 1. The molecule has 3 heteroatoms. The maximum Gasteiger partial charge on any atom is 0.238 e. The van der Waals surface area contributed by atoms with E-state index in [0.29, 0.717) is 11.9 Å². The lowest BCUT2D eigenvalue weighted by Crippen LogP contribution is -2.63. The quantitative estimate of drug-likeness (QED) is 0.428. The normalized spacial score (nSPS) is 38.9. The Morgan fingerprint density at radius 2 is 2.30 bits per heavy atom. The van der Waals surface area contributed by atoms with E-state index in [1.54, 1.807) is 0 Å². The number of amides is 1. The van der Waals surface area contributed by atoms with E-state index in [-0.39, 0.29) is 4.83 Å². The van der Waals surface area contributed by atoms with Gasteiger partial charge in [-0.15, -0.1) is 0 Å². The summed E-state index contributed by atoms with van der Waals surface area (Å²) in [6.07, 6.45) is 3.68. The zero-order valence-corrected chi connectivity index (χ0v) is 7.30. The molecule has 0 aliphatic carbocycles. The zero-order chi connectivity index (χ0) is 7.14. The van der Waals surface area contributed by atoms with Gasteiger partial charge < -0.3 is 4.90 Å². The zero-order valence-electron chi connectivity index (χ0n) is 5.72. The molecule has 2 rings (SSSR count). The van der Waals surface area contributed by atoms with Crippen molar-refractivity contribution < 1.29 is 4.79 Å². The lowest BCUT2D eigenvalue weighted by Gasteiger charge is -2.47. The number of piperidine rings is 1. The molecule has 0 bridgehead atoms. The Morgan fingerprint density at radius 1 is 1.50 bits per heavy atom. The van der Waals surface area contributed by atoms with Crippen molar-refractivity contribution in [3.8, 4) is 0 Å². The number of fused-ring (bicyclic) bond motifs is 1. The predicted octanol–water partition coefficient (Wildman–Crippen LogP) is 1.14. The Kier molecular flexibility index (Phi) is 1.48. The number of nitrogens with zero attached hydrogens (tertiary/aromatic N) is 1. The Bertz CT molecular complexity index is 171. The highest BCUT2D eigenvalue weighted by atomic mass is 79.9. The number of hydrogen-bond acceptors (Lipinski definition) is 1. The molecule has 10 heavy (non-hydrogen) atoms. The number of hydrogen-bond donors (Lipinski definition) is 0. The average molecular weight is 204 g/mol. The lowest BCUT2D eigenvalue weighted by molar-refractivity contribution is -0.146. The molecule has 0 spiro atoms. The summed E-state index contributed by atoms with van der Waals surface area (Å²) in [6, 6.07) is 0.529. The van der Waals surface area contributed by atoms with Crippen LogP contribution >= 0.6 is 15.9 Å². The Balaban J connectivity index is 2.06. The second kappa shape index (κ2) is 2.22. The molecular weight excluding hydrogens is 194 g/mol. The van der Waals surface area contributed by atoms with Gasteiger partial charge >= 0.3 is 0 Å². The molecule has 2 fully saturated rings. The van der Waals surface area contributed by atoms with Crippen LogP contribution in [0.2, 0.25) is 0 Å². The molecule has 0 aromatic heterocycles. The summed E-state index contributed by atoms with van der Waals surface area (Å²) in [6.45, 7) is 0.992. The molecule has 56 valence electrons. The van der Waals surface area contributed by atoms with Gasteiger partial charge in [0.2, 0.25) is 5.91 Å². The van der Waals surface area contributed by atoms with E-state index in [4.69, 9.17) is 0 Å². The van der Waals surface area contributed by atoms with Gasteiger partial charge in [-0.2, -0.15) is 0 Å². The van der Waals surface area contributed by atoms with Crippen LogP contribution in [0.15, 0.2) is 0 Å². The van der Waals surface area contributed by atoms with Gasteiger partial charge in [-0.3, -0.25) is 4.79 Å². The summed E-state index contributed by atoms with van der Waals surface area (Å²) >= 11 is 3.38.